The number of nitrogens with zero attached hydrogens (tertiary/aromatic N) is 5. The minimum atomic E-state index is -0.793. The van der Waals surface area contributed by atoms with E-state index in [-0.39, 0.29) is 103 Å². The molecule has 74 heavy (non-hydrogen) atoms. The van der Waals surface area contributed by atoms with Gasteiger partial charge in [-0.05, 0) is 176 Å². The summed E-state index contributed by atoms with van der Waals surface area (Å²) in [7, 11) is 0. The highest BCUT2D eigenvalue weighted by molar-refractivity contribution is 6.04. The highest BCUT2D eigenvalue weighted by Crippen LogP contribution is 2.77. The number of carboxylic acid groups (broad SMARTS) is 1. The van der Waals surface area contributed by atoms with Gasteiger partial charge in [0.15, 0.2) is 23.1 Å². The summed E-state index contributed by atoms with van der Waals surface area (Å²) in [4.78, 5) is 90.1. The second-order valence-corrected chi connectivity index (χ2v) is 29.4. The molecule has 0 saturated heterocycles. The molecule has 10 aliphatic rings. The first kappa shape index (κ1) is 53.9. The predicted octanol–water partition coefficient (Wildman–Crippen LogP) is 14.0. The molecular formula is C62H81N5O7. The highest BCUT2D eigenvalue weighted by atomic mass is 16.4. The van der Waals surface area contributed by atoms with Gasteiger partial charge in [0.05, 0.1) is 18.6 Å². The number of rotatable bonds is 2. The molecule has 1 amide bonds. The summed E-state index contributed by atoms with van der Waals surface area (Å²) in [5.74, 6) is -1.41. The van der Waals surface area contributed by atoms with E-state index in [0.29, 0.717) is 25.7 Å². The number of carboxylic acids is 1. The van der Waals surface area contributed by atoms with Crippen LogP contribution in [-0.2, 0) is 28.8 Å². The first-order valence-electron chi connectivity index (χ1n) is 27.7. The third kappa shape index (κ3) is 6.76. The van der Waals surface area contributed by atoms with Crippen molar-refractivity contribution in [3.05, 3.63) is 80.1 Å². The summed E-state index contributed by atoms with van der Waals surface area (Å²) >= 11 is 0. The quantitative estimate of drug-likeness (QED) is 0.124. The molecule has 12 heteroatoms. The molecule has 0 aromatic carbocycles. The maximum atomic E-state index is 14.3. The number of allylic oxidation sites excluding steroid dienone is 8. The summed E-state index contributed by atoms with van der Waals surface area (Å²) in [6, 6.07) is 0. The monoisotopic (exact) mass is 1010 g/mol. The molecule has 6 fully saturated rings. The number of Topliss-reactive ketones (excluding diaryl/α,β-unsaturated/α-hetero) is 2. The van der Waals surface area contributed by atoms with Gasteiger partial charge < -0.3 is 14.7 Å². The molecule has 12 nitrogen and oxygen atoms in total. The minimum Gasteiger partial charge on any atom is -0.481 e. The van der Waals surface area contributed by atoms with E-state index in [1.165, 1.54) is 0 Å². The Hall–Kier alpha value is -4.93. The number of amides is 1. The number of azide groups is 1. The summed E-state index contributed by atoms with van der Waals surface area (Å²) in [6.45, 7) is 45.1. The molecule has 10 rings (SSSR count). The van der Waals surface area contributed by atoms with Crippen LogP contribution < -0.4 is 0 Å². The molecule has 0 unspecified atom stereocenters. The fourth-order valence-electron chi connectivity index (χ4n) is 19.9. The van der Waals surface area contributed by atoms with Gasteiger partial charge in [-0.15, -0.1) is 0 Å². The summed E-state index contributed by atoms with van der Waals surface area (Å²) in [5.41, 5.74) is 6.33. The van der Waals surface area contributed by atoms with Crippen molar-refractivity contribution in [1.82, 2.24) is 0 Å². The molecule has 0 radical (unpaired) electrons. The Balaban J connectivity index is 0.000000182. The molecule has 0 heterocycles. The smallest absolute Gasteiger partial charge is 0.309 e. The largest absolute Gasteiger partial charge is 0.481 e. The van der Waals surface area contributed by atoms with Gasteiger partial charge in [-0.1, -0.05) is 113 Å². The molecule has 16 atom stereocenters. The van der Waals surface area contributed by atoms with Crippen LogP contribution in [0.4, 0.5) is 0 Å². The minimum absolute atomic E-state index is 0.0178. The van der Waals surface area contributed by atoms with Crippen LogP contribution in [0.3, 0.4) is 0 Å². The third-order valence-corrected chi connectivity index (χ3v) is 25.3. The Bertz CT molecular complexity index is 2890. The molecule has 0 aromatic rings. The molecular weight excluding hydrogens is 927 g/mol. The van der Waals surface area contributed by atoms with Crippen molar-refractivity contribution < 1.29 is 33.9 Å². The number of carbonyl (C=O) groups excluding carboxylic acids is 5. The lowest BCUT2D eigenvalue weighted by Crippen LogP contribution is -2.64. The molecule has 0 aromatic heterocycles. The van der Waals surface area contributed by atoms with Crippen molar-refractivity contribution in [1.29, 1.82) is 0 Å². The Morgan fingerprint density at radius 3 is 1.30 bits per heavy atom. The lowest BCUT2D eigenvalue weighted by Gasteiger charge is -2.69. The predicted molar refractivity (Wildman–Crippen MR) is 282 cm³/mol. The normalized spacial score (nSPS) is 48.2. The van der Waals surface area contributed by atoms with E-state index in [1.54, 1.807) is 0 Å². The van der Waals surface area contributed by atoms with Gasteiger partial charge in [-0.3, -0.25) is 19.2 Å². The summed E-state index contributed by atoms with van der Waals surface area (Å²) < 4.78 is 0. The topological polar surface area (TPSA) is 180 Å². The molecule has 6 saturated carbocycles. The van der Waals surface area contributed by atoms with Crippen molar-refractivity contribution in [3.8, 4) is 0 Å². The van der Waals surface area contributed by atoms with Crippen molar-refractivity contribution in [3.63, 3.8) is 0 Å². The van der Waals surface area contributed by atoms with Crippen molar-refractivity contribution >= 4 is 35.0 Å². The maximum Gasteiger partial charge on any atom is 0.309 e. The molecule has 10 aliphatic carbocycles. The second-order valence-electron chi connectivity index (χ2n) is 29.4. The van der Waals surface area contributed by atoms with E-state index < -0.39 is 44.4 Å². The third-order valence-electron chi connectivity index (χ3n) is 25.3. The zero-order valence-corrected chi connectivity index (χ0v) is 46.8. The van der Waals surface area contributed by atoms with Gasteiger partial charge in [-0.25, -0.2) is 9.69 Å². The lowest BCUT2D eigenvalue weighted by atomic mass is 9.34. The van der Waals surface area contributed by atoms with Crippen LogP contribution >= 0.6 is 0 Å². The van der Waals surface area contributed by atoms with Gasteiger partial charge in [0.1, 0.15) is 0 Å². The first-order chi connectivity index (χ1) is 34.0. The van der Waals surface area contributed by atoms with Gasteiger partial charge >= 0.3 is 5.97 Å². The Morgan fingerprint density at radius 2 is 0.932 bits per heavy atom. The fraction of sp³-hybridized carbons (Fsp3) is 0.742. The van der Waals surface area contributed by atoms with Crippen LogP contribution in [0.25, 0.3) is 20.1 Å². The van der Waals surface area contributed by atoms with E-state index in [9.17, 15) is 33.9 Å². The van der Waals surface area contributed by atoms with E-state index in [4.69, 9.17) is 18.7 Å². The van der Waals surface area contributed by atoms with Crippen molar-refractivity contribution in [2.75, 3.05) is 0 Å². The van der Waals surface area contributed by atoms with Crippen molar-refractivity contribution in [2.45, 2.75) is 187 Å². The van der Waals surface area contributed by atoms with Crippen LogP contribution in [0, 0.1) is 114 Å². The summed E-state index contributed by atoms with van der Waals surface area (Å²) in [6.07, 6.45) is 19.0. The van der Waals surface area contributed by atoms with E-state index in [2.05, 4.69) is 75.1 Å². The van der Waals surface area contributed by atoms with Gasteiger partial charge in [-0.2, -0.15) is 0 Å². The lowest BCUT2D eigenvalue weighted by molar-refractivity contribution is -0.178. The molecule has 396 valence electrons. The SMILES string of the molecule is [C-]#[N+]C1=C[C@]2(C)C3=CC(=O)[C@@H]4[C@@H]5C[C@@](C)(C(=O)N=[N+]=[N-])CC[C@]5(C)CC[C@@]4(C)[C@]3(C)CC[C@H]2C(C)(C)C1=O.[C-]#[N+]C1=C[C@]2(C)C3=CC(=O)[C@@H]4[C@@H]5C[C@@](C)(C(=O)O)CC[C@]5(C)CC[C@@]4(C)[C@]3(C)CC[C@H]2C(C)(C)C1=O. The molecule has 0 aliphatic heterocycles. The zero-order chi connectivity index (χ0) is 54.8. The number of aliphatic carboxylic acids is 1. The Labute approximate surface area is 439 Å². The zero-order valence-electron chi connectivity index (χ0n) is 46.8. The van der Waals surface area contributed by atoms with Gasteiger partial charge in [0, 0.05) is 43.8 Å². The highest BCUT2D eigenvalue weighted by Gasteiger charge is 2.72. The number of fused-ring (bicyclic) bond motifs is 14. The molecule has 0 bridgehead atoms. The second kappa shape index (κ2) is 16.3. The van der Waals surface area contributed by atoms with Crippen LogP contribution in [0.1, 0.15) is 187 Å². The van der Waals surface area contributed by atoms with Crippen molar-refractivity contribution in [2.24, 2.45) is 106 Å². The number of hydrogen-bond acceptors (Lipinski definition) is 6. The van der Waals surface area contributed by atoms with Gasteiger partial charge in [0.25, 0.3) is 0 Å². The average molecular weight is 1010 g/mol. The number of ketones is 4. The molecule has 0 spiro atoms. The van der Waals surface area contributed by atoms with Crippen LogP contribution in [0.15, 0.2) is 52.0 Å². The standard InChI is InChI=1S/C31H40N4O3.C31H41NO4/c1-26(2)21-9-10-30(6)22(29(21,5)17-19(33-8)24(26)37)15-20(36)23-18-16-28(4,25(38)34-35-32)12-11-27(18,3)13-14-31(23,30)7;1-26(2)21-9-10-30(6)22(29(21,5)17-19(32-8)24(26)34)15-20(33)23-18-16-28(4,25(35)36)12-11-27(18,3)13-14-31(23,30)7/h15,17-18,21,23H,9-14,16H2,1-7H3;15,17-18,21,23H,9-14,16H2,1-7H3,(H,35,36)/t2*18-,21-,23-,27+,28-,29-,30+,31+/m00/s1. The summed E-state index contributed by atoms with van der Waals surface area (Å²) in [5, 5.41) is 13.5. The number of hydrogen-bond donors (Lipinski definition) is 1. The van der Waals surface area contributed by atoms with Crippen LogP contribution in [0.5, 0.6) is 0 Å². The molecule has 1 N–H and O–H groups in total. The van der Waals surface area contributed by atoms with Crippen LogP contribution in [-0.4, -0.2) is 40.1 Å². The maximum absolute atomic E-state index is 14.3. The van der Waals surface area contributed by atoms with Crippen LogP contribution in [0.2, 0.25) is 0 Å². The van der Waals surface area contributed by atoms with E-state index in [0.717, 1.165) is 75.4 Å². The Morgan fingerprint density at radius 1 is 0.568 bits per heavy atom. The fourth-order valence-corrected chi connectivity index (χ4v) is 19.9. The van der Waals surface area contributed by atoms with E-state index in [1.807, 2.05) is 65.8 Å². The number of carbonyl (C=O) groups is 6. The van der Waals surface area contributed by atoms with Gasteiger partial charge in [0.2, 0.25) is 17.3 Å². The average Bonchev–Trinajstić information content (AvgIpc) is 3.32. The first-order valence-corrected chi connectivity index (χ1v) is 27.7. The Kier molecular flexibility index (Phi) is 11.9. The van der Waals surface area contributed by atoms with E-state index >= 15 is 0 Å².